The van der Waals surface area contributed by atoms with Crippen LogP contribution in [0.15, 0.2) is 95.9 Å². The van der Waals surface area contributed by atoms with E-state index in [1.54, 1.807) is 30.3 Å². The van der Waals surface area contributed by atoms with E-state index in [2.05, 4.69) is 5.32 Å². The maximum atomic E-state index is 14.6. The number of benzene rings is 4. The zero-order valence-corrected chi connectivity index (χ0v) is 29.8. The summed E-state index contributed by atoms with van der Waals surface area (Å²) in [7, 11) is -4.32. The maximum absolute atomic E-state index is 14.6. The number of sulfonamides is 1. The third-order valence-corrected chi connectivity index (χ3v) is 10.3. The van der Waals surface area contributed by atoms with Crippen LogP contribution in [0.5, 0.6) is 0 Å². The highest BCUT2D eigenvalue weighted by Gasteiger charge is 2.35. The molecule has 7 nitrogen and oxygen atoms in total. The molecule has 0 saturated carbocycles. The van der Waals surface area contributed by atoms with Crippen molar-refractivity contribution >= 4 is 73.9 Å². The maximum Gasteiger partial charge on any atom is 0.264 e. The van der Waals surface area contributed by atoms with Gasteiger partial charge in [0.05, 0.1) is 10.6 Å². The van der Waals surface area contributed by atoms with Crippen LogP contribution in [-0.2, 0) is 32.6 Å². The molecule has 0 unspecified atom stereocenters. The topological polar surface area (TPSA) is 86.8 Å². The minimum absolute atomic E-state index is 0.0302. The van der Waals surface area contributed by atoms with Gasteiger partial charge in [0, 0.05) is 39.6 Å². The zero-order chi connectivity index (χ0) is 34.1. The van der Waals surface area contributed by atoms with Gasteiger partial charge in [-0.05, 0) is 66.9 Å². The van der Waals surface area contributed by atoms with Crippen LogP contribution in [0.3, 0.4) is 0 Å². The molecule has 0 bridgehead atoms. The summed E-state index contributed by atoms with van der Waals surface area (Å²) in [6.07, 6.45) is 1.78. The number of unbranched alkanes of at least 4 members (excludes halogenated alkanes) is 1. The third-order valence-electron chi connectivity index (χ3n) is 7.48. The van der Waals surface area contributed by atoms with Gasteiger partial charge in [-0.3, -0.25) is 13.9 Å². The van der Waals surface area contributed by atoms with E-state index in [4.69, 9.17) is 46.4 Å². The fourth-order valence-corrected chi connectivity index (χ4v) is 7.32. The normalized spacial score (nSPS) is 12.0. The Kier molecular flexibility index (Phi) is 13.0. The number of anilines is 1. The summed E-state index contributed by atoms with van der Waals surface area (Å²) in [5.74, 6) is -1.02. The Balaban J connectivity index is 1.83. The molecule has 4 aromatic rings. The summed E-state index contributed by atoms with van der Waals surface area (Å²) < 4.78 is 29.4. The first kappa shape index (κ1) is 36.6. The first-order chi connectivity index (χ1) is 22.4. The van der Waals surface area contributed by atoms with E-state index in [0.717, 1.165) is 28.3 Å². The molecule has 0 aliphatic heterocycles. The number of nitrogens with zero attached hydrogens (tertiary/aromatic N) is 2. The van der Waals surface area contributed by atoms with Crippen molar-refractivity contribution in [2.75, 3.05) is 17.4 Å². The van der Waals surface area contributed by atoms with E-state index in [9.17, 15) is 18.0 Å². The molecule has 1 atom stereocenters. The van der Waals surface area contributed by atoms with Gasteiger partial charge in [-0.25, -0.2) is 8.42 Å². The lowest BCUT2D eigenvalue weighted by atomic mass is 10.0. The molecule has 0 heterocycles. The molecule has 0 aliphatic rings. The molecule has 0 fully saturated rings. The number of halogens is 4. The fourth-order valence-electron chi connectivity index (χ4n) is 4.94. The minimum atomic E-state index is -4.32. The van der Waals surface area contributed by atoms with Crippen molar-refractivity contribution < 1.29 is 18.0 Å². The number of rotatable bonds is 14. The number of nitrogens with one attached hydrogen (secondary N) is 1. The summed E-state index contributed by atoms with van der Waals surface area (Å²) in [5, 5.41) is 4.03. The predicted octanol–water partition coefficient (Wildman–Crippen LogP) is 8.36. The number of hydrogen-bond acceptors (Lipinski definition) is 4. The largest absolute Gasteiger partial charge is 0.354 e. The molecule has 0 spiro atoms. The molecule has 4 aromatic carbocycles. The van der Waals surface area contributed by atoms with Gasteiger partial charge in [0.15, 0.2) is 0 Å². The molecule has 1 N–H and O–H groups in total. The van der Waals surface area contributed by atoms with Gasteiger partial charge in [-0.2, -0.15) is 0 Å². The molecule has 248 valence electrons. The minimum Gasteiger partial charge on any atom is -0.354 e. The monoisotopic (exact) mass is 733 g/mol. The Bertz CT molecular complexity index is 1790. The lowest BCUT2D eigenvalue weighted by Crippen LogP contribution is -2.53. The number of hydrogen-bond donors (Lipinski definition) is 1. The van der Waals surface area contributed by atoms with Gasteiger partial charge in [0.25, 0.3) is 10.0 Å². The summed E-state index contributed by atoms with van der Waals surface area (Å²) in [5.41, 5.74) is 2.30. The molecular formula is C35H35Cl4N3O4S. The van der Waals surface area contributed by atoms with E-state index >= 15 is 0 Å². The Labute approximate surface area is 296 Å². The smallest absolute Gasteiger partial charge is 0.264 e. The van der Waals surface area contributed by atoms with Crippen LogP contribution in [0.4, 0.5) is 5.69 Å². The standard InChI is InChI=1S/C35H35Cl4N3O4S/c1-3-4-16-40-35(44)33(17-25-8-6-5-7-9-25)41(22-26-12-13-27(36)21-32(26)39)34(43)23-42(30-19-28(37)18-29(38)20-30)47(45,46)31-14-10-24(2)11-15-31/h5-15,18-21,33H,3-4,16-17,22-23H2,1-2H3,(H,40,44)/t33-/m0/s1. The lowest BCUT2D eigenvalue weighted by Gasteiger charge is -2.34. The van der Waals surface area contributed by atoms with Crippen LogP contribution < -0.4 is 9.62 Å². The Hall–Kier alpha value is -3.27. The van der Waals surface area contributed by atoms with E-state index in [1.807, 2.05) is 44.2 Å². The number of carbonyl (C=O) groups excluding carboxylic acids is 2. The second kappa shape index (κ2) is 16.7. The highest BCUT2D eigenvalue weighted by molar-refractivity contribution is 7.92. The van der Waals surface area contributed by atoms with Crippen LogP contribution in [-0.4, -0.2) is 44.3 Å². The third kappa shape index (κ3) is 9.87. The fraction of sp³-hybridized carbons (Fsp3) is 0.257. The van der Waals surface area contributed by atoms with Gasteiger partial charge in [0.1, 0.15) is 12.6 Å². The number of amides is 2. The summed E-state index contributed by atoms with van der Waals surface area (Å²) in [4.78, 5) is 29.8. The predicted molar refractivity (Wildman–Crippen MR) is 191 cm³/mol. The van der Waals surface area contributed by atoms with Gasteiger partial charge in [0.2, 0.25) is 11.8 Å². The van der Waals surface area contributed by atoms with Crippen LogP contribution in [0.1, 0.15) is 36.5 Å². The first-order valence-corrected chi connectivity index (χ1v) is 17.9. The molecule has 0 aliphatic carbocycles. The average Bonchev–Trinajstić information content (AvgIpc) is 3.02. The van der Waals surface area contributed by atoms with Crippen molar-refractivity contribution in [2.45, 2.75) is 50.6 Å². The highest BCUT2D eigenvalue weighted by Crippen LogP contribution is 2.31. The first-order valence-electron chi connectivity index (χ1n) is 15.0. The summed E-state index contributed by atoms with van der Waals surface area (Å²) >= 11 is 25.4. The van der Waals surface area contributed by atoms with Crippen molar-refractivity contribution in [3.05, 3.63) is 128 Å². The molecular weight excluding hydrogens is 700 g/mol. The van der Waals surface area contributed by atoms with E-state index in [-0.39, 0.29) is 39.5 Å². The van der Waals surface area contributed by atoms with Crippen LogP contribution >= 0.6 is 46.4 Å². The quantitative estimate of drug-likeness (QED) is 0.132. The Morgan fingerprint density at radius 2 is 1.49 bits per heavy atom. The van der Waals surface area contributed by atoms with Gasteiger partial charge < -0.3 is 10.2 Å². The number of carbonyl (C=O) groups is 2. The molecule has 4 rings (SSSR count). The SMILES string of the molecule is CCCCNC(=O)[C@H](Cc1ccccc1)N(Cc1ccc(Cl)cc1Cl)C(=O)CN(c1cc(Cl)cc(Cl)c1)S(=O)(=O)c1ccc(C)cc1. The Morgan fingerprint density at radius 3 is 2.11 bits per heavy atom. The van der Waals surface area contributed by atoms with Crippen LogP contribution in [0.25, 0.3) is 0 Å². The zero-order valence-electron chi connectivity index (χ0n) is 25.9. The highest BCUT2D eigenvalue weighted by atomic mass is 35.5. The summed E-state index contributed by atoms with van der Waals surface area (Å²) in [6, 6.07) is 23.7. The second-order valence-corrected chi connectivity index (χ2v) is 14.6. The van der Waals surface area contributed by atoms with Crippen LogP contribution in [0.2, 0.25) is 20.1 Å². The molecule has 47 heavy (non-hydrogen) atoms. The lowest BCUT2D eigenvalue weighted by molar-refractivity contribution is -0.140. The molecule has 2 amide bonds. The number of aryl methyl sites for hydroxylation is 1. The molecule has 0 saturated heterocycles. The Morgan fingerprint density at radius 1 is 0.830 bits per heavy atom. The molecule has 0 aromatic heterocycles. The van der Waals surface area contributed by atoms with Crippen molar-refractivity contribution in [3.63, 3.8) is 0 Å². The van der Waals surface area contributed by atoms with Crippen molar-refractivity contribution in [1.29, 1.82) is 0 Å². The van der Waals surface area contributed by atoms with Gasteiger partial charge >= 0.3 is 0 Å². The van der Waals surface area contributed by atoms with E-state index in [0.29, 0.717) is 22.2 Å². The van der Waals surface area contributed by atoms with Gasteiger partial charge in [-0.15, -0.1) is 0 Å². The summed E-state index contributed by atoms with van der Waals surface area (Å²) in [6.45, 7) is 3.51. The second-order valence-electron chi connectivity index (χ2n) is 11.1. The average molecular weight is 736 g/mol. The molecule has 12 heteroatoms. The van der Waals surface area contributed by atoms with E-state index in [1.165, 1.54) is 35.2 Å². The van der Waals surface area contributed by atoms with Crippen molar-refractivity contribution in [1.82, 2.24) is 10.2 Å². The van der Waals surface area contributed by atoms with Crippen molar-refractivity contribution in [2.24, 2.45) is 0 Å². The van der Waals surface area contributed by atoms with E-state index < -0.39 is 28.5 Å². The van der Waals surface area contributed by atoms with Crippen LogP contribution in [0, 0.1) is 6.92 Å². The van der Waals surface area contributed by atoms with Crippen molar-refractivity contribution in [3.8, 4) is 0 Å². The molecule has 0 radical (unpaired) electrons. The van der Waals surface area contributed by atoms with Gasteiger partial charge in [-0.1, -0.05) is 114 Å².